The van der Waals surface area contributed by atoms with Crippen molar-refractivity contribution in [1.82, 2.24) is 14.8 Å². The lowest BCUT2D eigenvalue weighted by atomic mass is 10.2. The summed E-state index contributed by atoms with van der Waals surface area (Å²) in [6, 6.07) is 8.92. The van der Waals surface area contributed by atoms with Crippen molar-refractivity contribution in [3.8, 4) is 5.75 Å². The molecule has 1 saturated heterocycles. The molecule has 132 valence electrons. The van der Waals surface area contributed by atoms with Gasteiger partial charge in [-0.3, -0.25) is 14.7 Å². The Hall–Kier alpha value is -1.82. The zero-order chi connectivity index (χ0) is 17.6. The number of nitrogens with zero attached hydrogens (tertiary/aromatic N) is 3. The zero-order valence-electron chi connectivity index (χ0n) is 13.7. The second kappa shape index (κ2) is 8.52. The molecule has 1 aliphatic rings. The Bertz CT molecular complexity index is 699. The minimum absolute atomic E-state index is 0.0146. The molecule has 5 nitrogen and oxygen atoms in total. The maximum atomic E-state index is 12.3. The van der Waals surface area contributed by atoms with Gasteiger partial charge in [-0.2, -0.15) is 0 Å². The van der Waals surface area contributed by atoms with Crippen molar-refractivity contribution in [3.63, 3.8) is 0 Å². The molecule has 0 N–H and O–H groups in total. The highest BCUT2D eigenvalue weighted by Gasteiger charge is 2.21. The van der Waals surface area contributed by atoms with Crippen molar-refractivity contribution in [2.24, 2.45) is 0 Å². The normalized spacial score (nSPS) is 15.2. The van der Waals surface area contributed by atoms with Crippen LogP contribution in [0.25, 0.3) is 0 Å². The van der Waals surface area contributed by atoms with E-state index in [0.717, 1.165) is 19.6 Å². The van der Waals surface area contributed by atoms with E-state index in [1.54, 1.807) is 24.4 Å². The summed E-state index contributed by atoms with van der Waals surface area (Å²) in [5.41, 5.74) is 1.18. The first kappa shape index (κ1) is 18.0. The average molecular weight is 380 g/mol. The van der Waals surface area contributed by atoms with Crippen LogP contribution in [0.4, 0.5) is 0 Å². The summed E-state index contributed by atoms with van der Waals surface area (Å²) in [4.78, 5) is 20.6. The van der Waals surface area contributed by atoms with E-state index < -0.39 is 0 Å². The number of amides is 1. The smallest absolute Gasteiger partial charge is 0.260 e. The largest absolute Gasteiger partial charge is 0.484 e. The predicted octanol–water partition coefficient (Wildman–Crippen LogP) is 3.11. The molecule has 1 aliphatic heterocycles. The monoisotopic (exact) mass is 379 g/mol. The van der Waals surface area contributed by atoms with Crippen molar-refractivity contribution in [2.45, 2.75) is 6.54 Å². The molecular formula is C18H19Cl2N3O2. The van der Waals surface area contributed by atoms with Gasteiger partial charge in [0.2, 0.25) is 0 Å². The number of piperazine rings is 1. The molecule has 1 aromatic heterocycles. The predicted molar refractivity (Wildman–Crippen MR) is 98.1 cm³/mol. The summed E-state index contributed by atoms with van der Waals surface area (Å²) in [5.74, 6) is 0.471. The molecule has 3 rings (SSSR count). The molecule has 0 unspecified atom stereocenters. The number of hydrogen-bond acceptors (Lipinski definition) is 4. The molecule has 0 spiro atoms. The van der Waals surface area contributed by atoms with E-state index >= 15 is 0 Å². The summed E-state index contributed by atoms with van der Waals surface area (Å²) in [7, 11) is 0. The van der Waals surface area contributed by atoms with Crippen LogP contribution in [0.5, 0.6) is 5.75 Å². The molecule has 2 heterocycles. The number of ether oxygens (including phenoxy) is 1. The van der Waals surface area contributed by atoms with Gasteiger partial charge in [-0.05, 0) is 29.8 Å². The number of pyridine rings is 1. The lowest BCUT2D eigenvalue weighted by molar-refractivity contribution is -0.135. The summed E-state index contributed by atoms with van der Waals surface area (Å²) >= 11 is 11.9. The maximum absolute atomic E-state index is 12.3. The van der Waals surface area contributed by atoms with Gasteiger partial charge in [0.25, 0.3) is 5.91 Å². The molecule has 1 amide bonds. The van der Waals surface area contributed by atoms with Gasteiger partial charge in [-0.25, -0.2) is 0 Å². The fourth-order valence-electron chi connectivity index (χ4n) is 2.75. The lowest BCUT2D eigenvalue weighted by Gasteiger charge is -2.34. The van der Waals surface area contributed by atoms with Gasteiger partial charge in [0.15, 0.2) is 6.61 Å². The number of aromatic nitrogens is 1. The fraction of sp³-hybridized carbons (Fsp3) is 0.333. The third-order valence-corrected chi connectivity index (χ3v) is 4.49. The van der Waals surface area contributed by atoms with Crippen molar-refractivity contribution >= 4 is 29.1 Å². The molecule has 0 atom stereocenters. The van der Waals surface area contributed by atoms with Crippen LogP contribution in [0.2, 0.25) is 10.0 Å². The van der Waals surface area contributed by atoms with E-state index in [9.17, 15) is 4.79 Å². The van der Waals surface area contributed by atoms with Crippen molar-refractivity contribution < 1.29 is 9.53 Å². The Morgan fingerprint density at radius 1 is 1.12 bits per heavy atom. The van der Waals surface area contributed by atoms with Gasteiger partial charge in [0, 0.05) is 55.2 Å². The van der Waals surface area contributed by atoms with Crippen LogP contribution >= 0.6 is 23.2 Å². The van der Waals surface area contributed by atoms with E-state index in [2.05, 4.69) is 16.0 Å². The zero-order valence-corrected chi connectivity index (χ0v) is 15.2. The number of rotatable bonds is 5. The number of hydrogen-bond donors (Lipinski definition) is 0. The third kappa shape index (κ3) is 5.33. The summed E-state index contributed by atoms with van der Waals surface area (Å²) < 4.78 is 5.52. The molecule has 2 aromatic rings. The van der Waals surface area contributed by atoms with E-state index in [-0.39, 0.29) is 12.5 Å². The van der Waals surface area contributed by atoms with Gasteiger partial charge < -0.3 is 9.64 Å². The van der Waals surface area contributed by atoms with Crippen molar-refractivity contribution in [1.29, 1.82) is 0 Å². The second-order valence-electron chi connectivity index (χ2n) is 5.91. The number of benzene rings is 1. The molecule has 1 fully saturated rings. The van der Waals surface area contributed by atoms with Crippen molar-refractivity contribution in [2.75, 3.05) is 32.8 Å². The van der Waals surface area contributed by atoms with Gasteiger partial charge in [0.1, 0.15) is 5.75 Å². The summed E-state index contributed by atoms with van der Waals surface area (Å²) in [6.45, 7) is 3.90. The van der Waals surface area contributed by atoms with E-state index in [1.807, 2.05) is 17.2 Å². The van der Waals surface area contributed by atoms with Crippen LogP contribution in [0, 0.1) is 0 Å². The van der Waals surface area contributed by atoms with Gasteiger partial charge in [-0.15, -0.1) is 0 Å². The quantitative estimate of drug-likeness (QED) is 0.800. The minimum Gasteiger partial charge on any atom is -0.484 e. The Morgan fingerprint density at radius 2 is 1.84 bits per heavy atom. The van der Waals surface area contributed by atoms with Crippen molar-refractivity contribution in [3.05, 3.63) is 58.3 Å². The standard InChI is InChI=1S/C18H19Cl2N3O2/c19-15-8-16(20)10-17(9-15)25-13-18(24)23-6-4-22(5-7-23)12-14-2-1-3-21-11-14/h1-3,8-11H,4-7,12-13H2. The van der Waals surface area contributed by atoms with Gasteiger partial charge in [-0.1, -0.05) is 29.3 Å². The first-order valence-corrected chi connectivity index (χ1v) is 8.84. The highest BCUT2D eigenvalue weighted by molar-refractivity contribution is 6.34. The number of halogens is 2. The Balaban J connectivity index is 1.45. The fourth-order valence-corrected chi connectivity index (χ4v) is 3.26. The molecule has 1 aromatic carbocycles. The lowest BCUT2D eigenvalue weighted by Crippen LogP contribution is -2.49. The molecule has 25 heavy (non-hydrogen) atoms. The Labute approximate surface area is 157 Å². The molecule has 7 heteroatoms. The topological polar surface area (TPSA) is 45.7 Å². The first-order valence-electron chi connectivity index (χ1n) is 8.08. The maximum Gasteiger partial charge on any atom is 0.260 e. The van der Waals surface area contributed by atoms with Crippen LogP contribution in [-0.4, -0.2) is 53.5 Å². The van der Waals surface area contributed by atoms with Gasteiger partial charge >= 0.3 is 0 Å². The Morgan fingerprint density at radius 3 is 2.48 bits per heavy atom. The van der Waals surface area contributed by atoms with Crippen LogP contribution in [0.15, 0.2) is 42.7 Å². The highest BCUT2D eigenvalue weighted by Crippen LogP contribution is 2.24. The molecule has 0 bridgehead atoms. The van der Waals surface area contributed by atoms with Crippen LogP contribution in [0.1, 0.15) is 5.56 Å². The second-order valence-corrected chi connectivity index (χ2v) is 6.78. The van der Waals surface area contributed by atoms with E-state index in [4.69, 9.17) is 27.9 Å². The SMILES string of the molecule is O=C(COc1cc(Cl)cc(Cl)c1)N1CCN(Cc2cccnc2)CC1. The van der Waals surface area contributed by atoms with Gasteiger partial charge in [0.05, 0.1) is 0 Å². The molecule has 0 radical (unpaired) electrons. The molecule has 0 saturated carbocycles. The number of carbonyl (C=O) groups excluding carboxylic acids is 1. The third-order valence-electron chi connectivity index (χ3n) is 4.05. The van der Waals surface area contributed by atoms with Crippen LogP contribution in [-0.2, 0) is 11.3 Å². The van der Waals surface area contributed by atoms with E-state index in [1.165, 1.54) is 5.56 Å². The molecular weight excluding hydrogens is 361 g/mol. The Kier molecular flexibility index (Phi) is 6.13. The summed E-state index contributed by atoms with van der Waals surface area (Å²) in [6.07, 6.45) is 3.65. The minimum atomic E-state index is -0.0304. The van der Waals surface area contributed by atoms with Crippen LogP contribution in [0.3, 0.4) is 0 Å². The first-order chi connectivity index (χ1) is 12.1. The van der Waals surface area contributed by atoms with E-state index in [0.29, 0.717) is 28.9 Å². The summed E-state index contributed by atoms with van der Waals surface area (Å²) in [5, 5.41) is 0.970. The highest BCUT2D eigenvalue weighted by atomic mass is 35.5. The number of carbonyl (C=O) groups is 1. The van der Waals surface area contributed by atoms with Crippen LogP contribution < -0.4 is 4.74 Å². The molecule has 0 aliphatic carbocycles. The average Bonchev–Trinajstić information content (AvgIpc) is 2.60.